The first-order valence-electron chi connectivity index (χ1n) is 6.13. The maximum absolute atomic E-state index is 12.3. The fraction of sp³-hybridized carbons (Fsp3) is 0.308. The lowest BCUT2D eigenvalue weighted by Crippen LogP contribution is -2.20. The lowest BCUT2D eigenvalue weighted by atomic mass is 10.3. The summed E-state index contributed by atoms with van der Waals surface area (Å²) in [4.78, 5) is 16.7. The molecule has 3 aromatic heterocycles. The molecule has 0 aliphatic rings. The molecule has 0 N–H and O–H groups in total. The molecule has 0 aliphatic carbocycles. The van der Waals surface area contributed by atoms with Crippen LogP contribution in [0.3, 0.4) is 0 Å². The van der Waals surface area contributed by atoms with E-state index in [1.807, 2.05) is 30.1 Å². The molecule has 0 unspecified atom stereocenters. The fourth-order valence-corrected chi connectivity index (χ4v) is 2.98. The van der Waals surface area contributed by atoms with Crippen LogP contribution in [0.25, 0.3) is 10.2 Å². The average molecular weight is 274 g/mol. The molecule has 0 radical (unpaired) electrons. The van der Waals surface area contributed by atoms with E-state index in [1.54, 1.807) is 17.1 Å². The van der Waals surface area contributed by atoms with Gasteiger partial charge >= 0.3 is 0 Å². The molecule has 0 aliphatic heterocycles. The summed E-state index contributed by atoms with van der Waals surface area (Å²) in [7, 11) is 0. The van der Waals surface area contributed by atoms with Gasteiger partial charge < -0.3 is 0 Å². The van der Waals surface area contributed by atoms with Crippen LogP contribution in [0.2, 0.25) is 0 Å². The van der Waals surface area contributed by atoms with Gasteiger partial charge in [-0.05, 0) is 24.8 Å². The highest BCUT2D eigenvalue weighted by molar-refractivity contribution is 7.17. The molecule has 6 heteroatoms. The Morgan fingerprint density at radius 2 is 2.26 bits per heavy atom. The SMILES string of the molecule is CCn1cc(Cn2cnc3c(C)csc3c2=O)cn1. The van der Waals surface area contributed by atoms with Crippen molar-refractivity contribution < 1.29 is 0 Å². The molecule has 98 valence electrons. The molecule has 0 spiro atoms. The molecule has 0 amide bonds. The second-order valence-corrected chi connectivity index (χ2v) is 5.36. The molecule has 0 saturated heterocycles. The van der Waals surface area contributed by atoms with Crippen molar-refractivity contribution in [1.29, 1.82) is 0 Å². The highest BCUT2D eigenvalue weighted by Gasteiger charge is 2.09. The third kappa shape index (κ3) is 2.08. The lowest BCUT2D eigenvalue weighted by molar-refractivity contribution is 0.658. The molecule has 3 aromatic rings. The number of aromatic nitrogens is 4. The van der Waals surface area contributed by atoms with E-state index in [2.05, 4.69) is 10.1 Å². The summed E-state index contributed by atoms with van der Waals surface area (Å²) in [5.74, 6) is 0. The normalized spacial score (nSPS) is 11.3. The number of thiophene rings is 1. The summed E-state index contributed by atoms with van der Waals surface area (Å²) in [5.41, 5.74) is 2.91. The van der Waals surface area contributed by atoms with E-state index in [-0.39, 0.29) is 5.56 Å². The van der Waals surface area contributed by atoms with Crippen LogP contribution in [0.1, 0.15) is 18.1 Å². The third-order valence-electron chi connectivity index (χ3n) is 3.09. The molecule has 0 bridgehead atoms. The van der Waals surface area contributed by atoms with Crippen LogP contribution >= 0.6 is 11.3 Å². The van der Waals surface area contributed by atoms with E-state index in [9.17, 15) is 4.79 Å². The lowest BCUT2D eigenvalue weighted by Gasteiger charge is -2.02. The summed E-state index contributed by atoms with van der Waals surface area (Å²) < 4.78 is 4.21. The Labute approximate surface area is 114 Å². The molecule has 0 aromatic carbocycles. The minimum absolute atomic E-state index is 0.0207. The van der Waals surface area contributed by atoms with Gasteiger partial charge in [-0.25, -0.2) is 4.98 Å². The van der Waals surface area contributed by atoms with Gasteiger partial charge in [0.15, 0.2) is 0 Å². The van der Waals surface area contributed by atoms with Crippen molar-refractivity contribution in [3.8, 4) is 0 Å². The van der Waals surface area contributed by atoms with Gasteiger partial charge in [-0.15, -0.1) is 11.3 Å². The number of nitrogens with zero attached hydrogens (tertiary/aromatic N) is 4. The smallest absolute Gasteiger partial charge is 0.271 e. The topological polar surface area (TPSA) is 52.7 Å². The van der Waals surface area contributed by atoms with Gasteiger partial charge in [0, 0.05) is 18.3 Å². The molecule has 0 atom stereocenters. The van der Waals surface area contributed by atoms with E-state index in [0.717, 1.165) is 27.9 Å². The highest BCUT2D eigenvalue weighted by atomic mass is 32.1. The van der Waals surface area contributed by atoms with Crippen LogP contribution in [0.5, 0.6) is 0 Å². The molecular weight excluding hydrogens is 260 g/mol. The summed E-state index contributed by atoms with van der Waals surface area (Å²) in [6, 6.07) is 0. The van der Waals surface area contributed by atoms with Crippen LogP contribution in [0.4, 0.5) is 0 Å². The summed E-state index contributed by atoms with van der Waals surface area (Å²) >= 11 is 1.46. The van der Waals surface area contributed by atoms with E-state index in [0.29, 0.717) is 6.54 Å². The molecule has 5 nitrogen and oxygen atoms in total. The number of fused-ring (bicyclic) bond motifs is 1. The number of hydrogen-bond acceptors (Lipinski definition) is 4. The first-order valence-corrected chi connectivity index (χ1v) is 7.01. The zero-order chi connectivity index (χ0) is 13.4. The van der Waals surface area contributed by atoms with Gasteiger partial charge in [-0.2, -0.15) is 5.10 Å². The Morgan fingerprint density at radius 3 is 3.00 bits per heavy atom. The van der Waals surface area contributed by atoms with Crippen LogP contribution in [0, 0.1) is 6.92 Å². The van der Waals surface area contributed by atoms with Gasteiger partial charge in [0.1, 0.15) is 4.70 Å². The van der Waals surface area contributed by atoms with Crippen molar-refractivity contribution in [3.63, 3.8) is 0 Å². The van der Waals surface area contributed by atoms with Crippen LogP contribution in [0.15, 0.2) is 28.9 Å². The first kappa shape index (κ1) is 12.1. The quantitative estimate of drug-likeness (QED) is 0.734. The average Bonchev–Trinajstić information content (AvgIpc) is 3.00. The van der Waals surface area contributed by atoms with Gasteiger partial charge in [0.05, 0.1) is 24.6 Å². The van der Waals surface area contributed by atoms with E-state index >= 15 is 0 Å². The molecule has 3 rings (SSSR count). The second-order valence-electron chi connectivity index (χ2n) is 4.48. The monoisotopic (exact) mass is 274 g/mol. The minimum atomic E-state index is 0.0207. The Bertz CT molecular complexity index is 783. The maximum Gasteiger partial charge on any atom is 0.271 e. The molecular formula is C13H14N4OS. The zero-order valence-corrected chi connectivity index (χ0v) is 11.6. The predicted molar refractivity (Wildman–Crippen MR) is 75.6 cm³/mol. The van der Waals surface area contributed by atoms with Crippen molar-refractivity contribution in [3.05, 3.63) is 45.6 Å². The Kier molecular flexibility index (Phi) is 2.94. The van der Waals surface area contributed by atoms with Crippen LogP contribution in [-0.4, -0.2) is 19.3 Å². The van der Waals surface area contributed by atoms with Crippen LogP contribution < -0.4 is 5.56 Å². The summed E-state index contributed by atoms with van der Waals surface area (Å²) in [6.07, 6.45) is 5.36. The predicted octanol–water partition coefficient (Wildman–Crippen LogP) is 2.03. The molecule has 0 fully saturated rings. The fourth-order valence-electron chi connectivity index (χ4n) is 2.03. The minimum Gasteiger partial charge on any atom is -0.293 e. The molecule has 3 heterocycles. The first-order chi connectivity index (χ1) is 9.19. The summed E-state index contributed by atoms with van der Waals surface area (Å²) in [5, 5.41) is 6.18. The largest absolute Gasteiger partial charge is 0.293 e. The third-order valence-corrected chi connectivity index (χ3v) is 4.16. The van der Waals surface area contributed by atoms with Gasteiger partial charge in [0.2, 0.25) is 0 Å². The van der Waals surface area contributed by atoms with Gasteiger partial charge in [0.25, 0.3) is 5.56 Å². The van der Waals surface area contributed by atoms with Gasteiger partial charge in [-0.3, -0.25) is 14.0 Å². The number of hydrogen-bond donors (Lipinski definition) is 0. The van der Waals surface area contributed by atoms with Crippen molar-refractivity contribution >= 4 is 21.6 Å². The molecule has 0 saturated carbocycles. The van der Waals surface area contributed by atoms with Crippen molar-refractivity contribution in [2.24, 2.45) is 0 Å². The van der Waals surface area contributed by atoms with Crippen LogP contribution in [-0.2, 0) is 13.1 Å². The Balaban J connectivity index is 2.01. The summed E-state index contributed by atoms with van der Waals surface area (Å²) in [6.45, 7) is 5.35. The van der Waals surface area contributed by atoms with E-state index in [1.165, 1.54) is 11.3 Å². The maximum atomic E-state index is 12.3. The van der Waals surface area contributed by atoms with E-state index < -0.39 is 0 Å². The molecule has 19 heavy (non-hydrogen) atoms. The number of aryl methyl sites for hydroxylation is 2. The van der Waals surface area contributed by atoms with Crippen molar-refractivity contribution in [2.45, 2.75) is 26.9 Å². The Hall–Kier alpha value is -1.95. The standard InChI is InChI=1S/C13H14N4OS/c1-3-17-6-10(4-15-17)5-16-8-14-11-9(2)7-19-12(11)13(16)18/h4,6-8H,3,5H2,1-2H3. The van der Waals surface area contributed by atoms with Crippen molar-refractivity contribution in [2.75, 3.05) is 0 Å². The zero-order valence-electron chi connectivity index (χ0n) is 10.8. The Morgan fingerprint density at radius 1 is 1.42 bits per heavy atom. The van der Waals surface area contributed by atoms with Gasteiger partial charge in [-0.1, -0.05) is 0 Å². The van der Waals surface area contributed by atoms with Crippen molar-refractivity contribution in [1.82, 2.24) is 19.3 Å². The number of rotatable bonds is 3. The second kappa shape index (κ2) is 4.62. The van der Waals surface area contributed by atoms with E-state index in [4.69, 9.17) is 0 Å². The highest BCUT2D eigenvalue weighted by Crippen LogP contribution is 2.19.